The van der Waals surface area contributed by atoms with Crippen LogP contribution in [0, 0.1) is 6.92 Å². The summed E-state index contributed by atoms with van der Waals surface area (Å²) in [6.45, 7) is 1.91. The van der Waals surface area contributed by atoms with Crippen LogP contribution in [0.15, 0.2) is 30.6 Å². The Labute approximate surface area is 112 Å². The number of hydrazine groups is 1. The van der Waals surface area contributed by atoms with Crippen LogP contribution in [0.5, 0.6) is 5.75 Å². The lowest BCUT2D eigenvalue weighted by Crippen LogP contribution is -2.17. The molecule has 1 aromatic carbocycles. The summed E-state index contributed by atoms with van der Waals surface area (Å²) in [7, 11) is 3.57. The van der Waals surface area contributed by atoms with Gasteiger partial charge in [-0.1, -0.05) is 12.1 Å². The van der Waals surface area contributed by atoms with E-state index in [1.165, 1.54) is 6.33 Å². The molecule has 1 aromatic heterocycles. The van der Waals surface area contributed by atoms with Crippen LogP contribution < -0.4 is 20.9 Å². The molecule has 0 aliphatic carbocycles. The molecule has 100 valence electrons. The van der Waals surface area contributed by atoms with Gasteiger partial charge in [-0.2, -0.15) is 0 Å². The van der Waals surface area contributed by atoms with Gasteiger partial charge < -0.3 is 15.1 Å². The number of nitrogens with two attached hydrogens (primary N) is 1. The first kappa shape index (κ1) is 13.1. The van der Waals surface area contributed by atoms with Crippen LogP contribution in [0.4, 0.5) is 17.3 Å². The summed E-state index contributed by atoms with van der Waals surface area (Å²) in [6.07, 6.45) is 1.48. The Morgan fingerprint density at radius 1 is 1.26 bits per heavy atom. The maximum Gasteiger partial charge on any atom is 0.148 e. The van der Waals surface area contributed by atoms with Crippen LogP contribution >= 0.6 is 0 Å². The highest BCUT2D eigenvalue weighted by molar-refractivity contribution is 5.70. The first-order chi connectivity index (χ1) is 9.19. The molecule has 1 heterocycles. The van der Waals surface area contributed by atoms with Gasteiger partial charge in [0.05, 0.1) is 12.8 Å². The zero-order chi connectivity index (χ0) is 13.8. The van der Waals surface area contributed by atoms with Crippen molar-refractivity contribution >= 4 is 17.3 Å². The molecular formula is C13H17N5O. The van der Waals surface area contributed by atoms with Crippen LogP contribution in [0.1, 0.15) is 5.56 Å². The van der Waals surface area contributed by atoms with Crippen molar-refractivity contribution in [1.29, 1.82) is 0 Å². The van der Waals surface area contributed by atoms with Crippen molar-refractivity contribution in [1.82, 2.24) is 9.97 Å². The average molecular weight is 259 g/mol. The molecule has 0 unspecified atom stereocenters. The largest absolute Gasteiger partial charge is 0.495 e. The highest BCUT2D eigenvalue weighted by atomic mass is 16.5. The van der Waals surface area contributed by atoms with E-state index in [1.807, 2.05) is 43.1 Å². The summed E-state index contributed by atoms with van der Waals surface area (Å²) in [5.41, 5.74) is 4.36. The number of nitrogen functional groups attached to an aromatic ring is 1. The highest BCUT2D eigenvalue weighted by Crippen LogP contribution is 2.33. The molecule has 0 aliphatic heterocycles. The Balaban J connectivity index is 2.47. The highest BCUT2D eigenvalue weighted by Gasteiger charge is 2.14. The molecule has 2 aromatic rings. The lowest BCUT2D eigenvalue weighted by atomic mass is 10.2. The number of anilines is 3. The van der Waals surface area contributed by atoms with E-state index in [0.717, 1.165) is 22.8 Å². The van der Waals surface area contributed by atoms with E-state index in [1.54, 1.807) is 7.11 Å². The fraction of sp³-hybridized carbons (Fsp3) is 0.231. The molecule has 0 aliphatic rings. The van der Waals surface area contributed by atoms with Gasteiger partial charge in [0.25, 0.3) is 0 Å². The van der Waals surface area contributed by atoms with E-state index >= 15 is 0 Å². The maximum absolute atomic E-state index is 5.43. The molecule has 0 bridgehead atoms. The number of benzene rings is 1. The number of methoxy groups -OCH3 is 1. The first-order valence-electron chi connectivity index (χ1n) is 5.84. The molecule has 0 radical (unpaired) electrons. The minimum absolute atomic E-state index is 0.603. The molecule has 0 fully saturated rings. The fourth-order valence-electron chi connectivity index (χ4n) is 1.95. The Bertz CT molecular complexity index is 573. The molecular weight excluding hydrogens is 242 g/mol. The lowest BCUT2D eigenvalue weighted by Gasteiger charge is -2.22. The monoisotopic (exact) mass is 259 g/mol. The summed E-state index contributed by atoms with van der Waals surface area (Å²) < 4.78 is 5.36. The van der Waals surface area contributed by atoms with Gasteiger partial charge in [0.2, 0.25) is 0 Å². The predicted molar refractivity (Wildman–Crippen MR) is 75.6 cm³/mol. The summed E-state index contributed by atoms with van der Waals surface area (Å²) in [5, 5.41) is 0. The molecule has 6 nitrogen and oxygen atoms in total. The lowest BCUT2D eigenvalue weighted by molar-refractivity contribution is 0.415. The summed E-state index contributed by atoms with van der Waals surface area (Å²) >= 11 is 0. The maximum atomic E-state index is 5.43. The third-order valence-corrected chi connectivity index (χ3v) is 2.96. The number of rotatable bonds is 4. The van der Waals surface area contributed by atoms with Crippen LogP contribution in [0.3, 0.4) is 0 Å². The number of hydrogen-bond donors (Lipinski definition) is 2. The van der Waals surface area contributed by atoms with Crippen molar-refractivity contribution in [2.45, 2.75) is 6.92 Å². The SMILES string of the molecule is COc1ccccc1N(C)c1ncnc(NN)c1C. The topological polar surface area (TPSA) is 76.3 Å². The molecule has 0 saturated carbocycles. The van der Waals surface area contributed by atoms with Crippen molar-refractivity contribution in [3.05, 3.63) is 36.2 Å². The number of aromatic nitrogens is 2. The summed E-state index contributed by atoms with van der Waals surface area (Å²) in [6, 6.07) is 7.75. The van der Waals surface area contributed by atoms with Gasteiger partial charge in [-0.25, -0.2) is 15.8 Å². The van der Waals surface area contributed by atoms with E-state index in [-0.39, 0.29) is 0 Å². The van der Waals surface area contributed by atoms with Gasteiger partial charge in [-0.05, 0) is 19.1 Å². The van der Waals surface area contributed by atoms with E-state index in [0.29, 0.717) is 5.82 Å². The van der Waals surface area contributed by atoms with Crippen molar-refractivity contribution in [3.8, 4) is 5.75 Å². The van der Waals surface area contributed by atoms with Gasteiger partial charge in [-0.3, -0.25) is 0 Å². The number of para-hydroxylation sites is 2. The molecule has 0 amide bonds. The van der Waals surface area contributed by atoms with E-state index < -0.39 is 0 Å². The third kappa shape index (κ3) is 2.43. The predicted octanol–water partition coefficient (Wildman–Crippen LogP) is 1.85. The van der Waals surface area contributed by atoms with Gasteiger partial charge in [0.1, 0.15) is 23.7 Å². The second-order valence-corrected chi connectivity index (χ2v) is 4.05. The van der Waals surface area contributed by atoms with Crippen molar-refractivity contribution < 1.29 is 4.74 Å². The fourth-order valence-corrected chi connectivity index (χ4v) is 1.95. The van der Waals surface area contributed by atoms with Gasteiger partial charge >= 0.3 is 0 Å². The van der Waals surface area contributed by atoms with Crippen molar-refractivity contribution in [3.63, 3.8) is 0 Å². The number of nitrogens with one attached hydrogen (secondary N) is 1. The Kier molecular flexibility index (Phi) is 3.82. The molecule has 19 heavy (non-hydrogen) atoms. The second kappa shape index (κ2) is 5.53. The minimum atomic E-state index is 0.603. The summed E-state index contributed by atoms with van der Waals surface area (Å²) in [4.78, 5) is 10.3. The standard InChI is InChI=1S/C13H17N5O/c1-9-12(17-14)15-8-16-13(9)18(2)10-6-4-5-7-11(10)19-3/h4-8H,14H2,1-3H3,(H,15,16,17). The number of nitrogens with zero attached hydrogens (tertiary/aromatic N) is 3. The van der Waals surface area contributed by atoms with Gasteiger partial charge in [0.15, 0.2) is 0 Å². The zero-order valence-corrected chi connectivity index (χ0v) is 11.2. The zero-order valence-electron chi connectivity index (χ0n) is 11.2. The van der Waals surface area contributed by atoms with Crippen LogP contribution in [-0.2, 0) is 0 Å². The third-order valence-electron chi connectivity index (χ3n) is 2.96. The molecule has 6 heteroatoms. The van der Waals surface area contributed by atoms with Crippen LogP contribution in [0.2, 0.25) is 0 Å². The molecule has 3 N–H and O–H groups in total. The minimum Gasteiger partial charge on any atom is -0.495 e. The molecule has 2 rings (SSSR count). The van der Waals surface area contributed by atoms with E-state index in [9.17, 15) is 0 Å². The second-order valence-electron chi connectivity index (χ2n) is 4.05. The summed E-state index contributed by atoms with van der Waals surface area (Å²) in [5.74, 6) is 7.59. The molecule has 0 saturated heterocycles. The number of ether oxygens (including phenoxy) is 1. The first-order valence-corrected chi connectivity index (χ1v) is 5.84. The van der Waals surface area contributed by atoms with Crippen LogP contribution in [0.25, 0.3) is 0 Å². The molecule has 0 spiro atoms. The Morgan fingerprint density at radius 2 is 2.00 bits per heavy atom. The van der Waals surface area contributed by atoms with Crippen molar-refractivity contribution in [2.75, 3.05) is 24.5 Å². The van der Waals surface area contributed by atoms with Crippen molar-refractivity contribution in [2.24, 2.45) is 5.84 Å². The quantitative estimate of drug-likeness (QED) is 0.644. The van der Waals surface area contributed by atoms with E-state index in [2.05, 4.69) is 15.4 Å². The Morgan fingerprint density at radius 3 is 2.68 bits per heavy atom. The Hall–Kier alpha value is -2.34. The molecule has 0 atom stereocenters. The van der Waals surface area contributed by atoms with Gasteiger partial charge in [0, 0.05) is 12.6 Å². The average Bonchev–Trinajstić information content (AvgIpc) is 2.46. The smallest absolute Gasteiger partial charge is 0.148 e. The normalized spacial score (nSPS) is 10.1. The number of hydrogen-bond acceptors (Lipinski definition) is 6. The van der Waals surface area contributed by atoms with Gasteiger partial charge in [-0.15, -0.1) is 0 Å². The van der Waals surface area contributed by atoms with E-state index in [4.69, 9.17) is 10.6 Å². The van der Waals surface area contributed by atoms with Crippen LogP contribution in [-0.4, -0.2) is 24.1 Å².